The summed E-state index contributed by atoms with van der Waals surface area (Å²) in [6.07, 6.45) is 3.46. The highest BCUT2D eigenvalue weighted by molar-refractivity contribution is 5.75. The summed E-state index contributed by atoms with van der Waals surface area (Å²) in [5.41, 5.74) is 2.24. The van der Waals surface area contributed by atoms with Crippen LogP contribution in [0.4, 0.5) is 4.79 Å². The van der Waals surface area contributed by atoms with Crippen molar-refractivity contribution >= 4 is 12.0 Å². The van der Waals surface area contributed by atoms with Gasteiger partial charge >= 0.3 is 12.0 Å². The molecule has 26 heavy (non-hydrogen) atoms. The SMILES string of the molecule is COc1cc2c(cc1OC)CN(C(=O)NC1CCC(C(=O)O)CC1)CC2. The molecule has 0 spiro atoms. The standard InChI is InChI=1S/C19H26N2O5/c1-25-16-9-13-7-8-21(11-14(13)10-17(16)26-2)19(24)20-15-5-3-12(4-6-15)18(22)23/h9-10,12,15H,3-8,11H2,1-2H3,(H,20,24)(H,22,23). The van der Waals surface area contributed by atoms with Gasteiger partial charge in [0, 0.05) is 19.1 Å². The molecule has 142 valence electrons. The number of carboxylic acids is 1. The van der Waals surface area contributed by atoms with Crippen molar-refractivity contribution in [2.45, 2.75) is 44.7 Å². The van der Waals surface area contributed by atoms with E-state index in [0.717, 1.165) is 24.8 Å². The molecule has 1 aliphatic heterocycles. The number of urea groups is 1. The smallest absolute Gasteiger partial charge is 0.317 e. The van der Waals surface area contributed by atoms with Crippen LogP contribution in [0.25, 0.3) is 0 Å². The minimum absolute atomic E-state index is 0.0601. The second kappa shape index (κ2) is 7.85. The summed E-state index contributed by atoms with van der Waals surface area (Å²) >= 11 is 0. The number of fused-ring (bicyclic) bond motifs is 1. The topological polar surface area (TPSA) is 88.1 Å². The zero-order valence-electron chi connectivity index (χ0n) is 15.3. The van der Waals surface area contributed by atoms with Crippen molar-refractivity contribution < 1.29 is 24.2 Å². The molecular formula is C19H26N2O5. The Labute approximate surface area is 153 Å². The Morgan fingerprint density at radius 1 is 1.08 bits per heavy atom. The van der Waals surface area contributed by atoms with Crippen molar-refractivity contribution in [3.05, 3.63) is 23.3 Å². The van der Waals surface area contributed by atoms with Crippen LogP contribution in [0.15, 0.2) is 12.1 Å². The van der Waals surface area contributed by atoms with Gasteiger partial charge in [0.05, 0.1) is 20.1 Å². The lowest BCUT2D eigenvalue weighted by Crippen LogP contribution is -2.47. The number of methoxy groups -OCH3 is 2. The minimum atomic E-state index is -0.730. The molecule has 0 atom stereocenters. The van der Waals surface area contributed by atoms with Gasteiger partial charge in [-0.2, -0.15) is 0 Å². The van der Waals surface area contributed by atoms with Crippen molar-refractivity contribution in [3.63, 3.8) is 0 Å². The second-order valence-electron chi connectivity index (χ2n) is 6.98. The predicted octanol–water partition coefficient (Wildman–Crippen LogP) is 2.41. The lowest BCUT2D eigenvalue weighted by atomic mass is 9.86. The molecule has 0 unspecified atom stereocenters. The average molecular weight is 362 g/mol. The first kappa shape index (κ1) is 18.4. The highest BCUT2D eigenvalue weighted by atomic mass is 16.5. The molecule has 2 N–H and O–H groups in total. The summed E-state index contributed by atoms with van der Waals surface area (Å²) < 4.78 is 10.7. The highest BCUT2D eigenvalue weighted by Gasteiger charge is 2.29. The molecule has 7 heteroatoms. The van der Waals surface area contributed by atoms with Crippen LogP contribution in [0.3, 0.4) is 0 Å². The molecular weight excluding hydrogens is 336 g/mol. The summed E-state index contributed by atoms with van der Waals surface area (Å²) in [4.78, 5) is 25.4. The Kier molecular flexibility index (Phi) is 5.54. The molecule has 0 saturated heterocycles. The van der Waals surface area contributed by atoms with Gasteiger partial charge in [-0.25, -0.2) is 4.79 Å². The van der Waals surface area contributed by atoms with Gasteiger partial charge in [-0.3, -0.25) is 4.79 Å². The van der Waals surface area contributed by atoms with E-state index in [1.807, 2.05) is 12.1 Å². The van der Waals surface area contributed by atoms with E-state index >= 15 is 0 Å². The maximum atomic E-state index is 12.6. The quantitative estimate of drug-likeness (QED) is 0.859. The van der Waals surface area contributed by atoms with Crippen molar-refractivity contribution in [3.8, 4) is 11.5 Å². The zero-order valence-corrected chi connectivity index (χ0v) is 15.3. The third-order valence-electron chi connectivity index (χ3n) is 5.41. The summed E-state index contributed by atoms with van der Waals surface area (Å²) in [7, 11) is 3.22. The fraction of sp³-hybridized carbons (Fsp3) is 0.579. The van der Waals surface area contributed by atoms with Gasteiger partial charge in [-0.05, 0) is 55.4 Å². The first-order valence-corrected chi connectivity index (χ1v) is 9.03. The number of carbonyl (C=O) groups excluding carboxylic acids is 1. The molecule has 0 aromatic heterocycles. The van der Waals surface area contributed by atoms with Gasteiger partial charge in [0.15, 0.2) is 11.5 Å². The molecule has 2 amide bonds. The van der Waals surface area contributed by atoms with Crippen LogP contribution in [-0.4, -0.2) is 48.8 Å². The van der Waals surface area contributed by atoms with Crippen LogP contribution >= 0.6 is 0 Å². The molecule has 0 radical (unpaired) electrons. The van der Waals surface area contributed by atoms with E-state index in [-0.39, 0.29) is 18.0 Å². The van der Waals surface area contributed by atoms with Crippen LogP contribution in [-0.2, 0) is 17.8 Å². The number of carbonyl (C=O) groups is 2. The first-order valence-electron chi connectivity index (χ1n) is 9.03. The van der Waals surface area contributed by atoms with E-state index in [2.05, 4.69) is 5.32 Å². The molecule has 1 fully saturated rings. The average Bonchev–Trinajstić information content (AvgIpc) is 2.66. The van der Waals surface area contributed by atoms with Crippen LogP contribution in [0.2, 0.25) is 0 Å². The first-order chi connectivity index (χ1) is 12.5. The molecule has 1 aromatic carbocycles. The monoisotopic (exact) mass is 362 g/mol. The molecule has 3 rings (SSSR count). The molecule has 1 saturated carbocycles. The van der Waals surface area contributed by atoms with Gasteiger partial charge in [0.2, 0.25) is 0 Å². The number of hydrogen-bond donors (Lipinski definition) is 2. The van der Waals surface area contributed by atoms with Gasteiger partial charge in [-0.1, -0.05) is 0 Å². The summed E-state index contributed by atoms with van der Waals surface area (Å²) in [5, 5.41) is 12.1. The van der Waals surface area contributed by atoms with E-state index in [1.165, 1.54) is 5.56 Å². The second-order valence-corrected chi connectivity index (χ2v) is 6.98. The third-order valence-corrected chi connectivity index (χ3v) is 5.41. The van der Waals surface area contributed by atoms with Crippen LogP contribution in [0.1, 0.15) is 36.8 Å². The third kappa shape index (κ3) is 3.86. The number of carboxylic acid groups (broad SMARTS) is 1. The van der Waals surface area contributed by atoms with E-state index in [9.17, 15) is 9.59 Å². The van der Waals surface area contributed by atoms with E-state index in [0.29, 0.717) is 37.4 Å². The highest BCUT2D eigenvalue weighted by Crippen LogP contribution is 2.33. The number of rotatable bonds is 4. The van der Waals surface area contributed by atoms with Crippen molar-refractivity contribution in [1.29, 1.82) is 0 Å². The van der Waals surface area contributed by atoms with E-state index in [4.69, 9.17) is 14.6 Å². The van der Waals surface area contributed by atoms with Crippen molar-refractivity contribution in [2.24, 2.45) is 5.92 Å². The molecule has 2 aliphatic rings. The number of hydrogen-bond acceptors (Lipinski definition) is 4. The fourth-order valence-electron chi connectivity index (χ4n) is 3.81. The summed E-state index contributed by atoms with van der Waals surface area (Å²) in [6, 6.07) is 3.90. The molecule has 1 heterocycles. The normalized spacial score (nSPS) is 22.3. The lowest BCUT2D eigenvalue weighted by molar-refractivity contribution is -0.142. The molecule has 0 bridgehead atoms. The number of aliphatic carboxylic acids is 1. The Morgan fingerprint density at radius 3 is 2.27 bits per heavy atom. The number of nitrogens with one attached hydrogen (secondary N) is 1. The van der Waals surface area contributed by atoms with Gasteiger partial charge < -0.3 is 24.8 Å². The Morgan fingerprint density at radius 2 is 1.69 bits per heavy atom. The van der Waals surface area contributed by atoms with Gasteiger partial charge in [-0.15, -0.1) is 0 Å². The zero-order chi connectivity index (χ0) is 18.7. The fourth-order valence-corrected chi connectivity index (χ4v) is 3.81. The number of nitrogens with zero attached hydrogens (tertiary/aromatic N) is 1. The van der Waals surface area contributed by atoms with Crippen molar-refractivity contribution in [1.82, 2.24) is 10.2 Å². The lowest BCUT2D eigenvalue weighted by Gasteiger charge is -2.33. The Balaban J connectivity index is 1.60. The maximum absolute atomic E-state index is 12.6. The van der Waals surface area contributed by atoms with Crippen LogP contribution < -0.4 is 14.8 Å². The summed E-state index contributed by atoms with van der Waals surface area (Å²) in [6.45, 7) is 1.19. The Hall–Kier alpha value is -2.44. The summed E-state index contributed by atoms with van der Waals surface area (Å²) in [5.74, 6) is 0.374. The maximum Gasteiger partial charge on any atom is 0.317 e. The number of benzene rings is 1. The Bertz CT molecular complexity index is 683. The molecule has 7 nitrogen and oxygen atoms in total. The molecule has 1 aromatic rings. The predicted molar refractivity (Wildman–Crippen MR) is 95.6 cm³/mol. The van der Waals surface area contributed by atoms with E-state index in [1.54, 1.807) is 19.1 Å². The minimum Gasteiger partial charge on any atom is -0.493 e. The van der Waals surface area contributed by atoms with E-state index < -0.39 is 5.97 Å². The molecule has 1 aliphatic carbocycles. The number of ether oxygens (including phenoxy) is 2. The van der Waals surface area contributed by atoms with Gasteiger partial charge in [0.1, 0.15) is 0 Å². The van der Waals surface area contributed by atoms with Gasteiger partial charge in [0.25, 0.3) is 0 Å². The van der Waals surface area contributed by atoms with Crippen LogP contribution in [0.5, 0.6) is 11.5 Å². The number of amides is 2. The van der Waals surface area contributed by atoms with Crippen molar-refractivity contribution in [2.75, 3.05) is 20.8 Å². The van der Waals surface area contributed by atoms with Crippen LogP contribution in [0, 0.1) is 5.92 Å². The largest absolute Gasteiger partial charge is 0.493 e.